The van der Waals surface area contributed by atoms with Gasteiger partial charge in [-0.05, 0) is 18.2 Å². The first-order valence-corrected chi connectivity index (χ1v) is 5.18. The normalized spacial score (nSPS) is 11.7. The highest BCUT2D eigenvalue weighted by molar-refractivity contribution is 6.30. The molecular formula is C10H10ClFN2O4. The second-order valence-corrected chi connectivity index (χ2v) is 3.73. The maximum Gasteiger partial charge on any atom is 0.328 e. The Morgan fingerprint density at radius 1 is 1.44 bits per heavy atom. The standard InChI is InChI=1S/C10H10ClFN2O4/c11-5-1-2-7(6(12)3-5)13-10(18)14-8(4-15)9(16)17/h1-3,8,15H,4H2,(H,16,17)(H2,13,14,18). The van der Waals surface area contributed by atoms with Crippen molar-refractivity contribution in [1.29, 1.82) is 0 Å². The third-order valence-electron chi connectivity index (χ3n) is 1.97. The van der Waals surface area contributed by atoms with E-state index in [9.17, 15) is 14.0 Å². The van der Waals surface area contributed by atoms with Gasteiger partial charge in [0.25, 0.3) is 0 Å². The van der Waals surface area contributed by atoms with Crippen LogP contribution in [-0.2, 0) is 4.79 Å². The SMILES string of the molecule is O=C(Nc1ccc(Cl)cc1F)NC(CO)C(=O)O. The number of amides is 2. The monoisotopic (exact) mass is 276 g/mol. The van der Waals surface area contributed by atoms with Gasteiger partial charge in [0.15, 0.2) is 6.04 Å². The van der Waals surface area contributed by atoms with Crippen molar-refractivity contribution in [3.05, 3.63) is 29.0 Å². The van der Waals surface area contributed by atoms with Crippen LogP contribution in [0, 0.1) is 5.82 Å². The minimum atomic E-state index is -1.46. The van der Waals surface area contributed by atoms with Crippen molar-refractivity contribution in [3.8, 4) is 0 Å². The molecule has 0 saturated heterocycles. The van der Waals surface area contributed by atoms with E-state index in [0.717, 1.165) is 6.07 Å². The predicted octanol–water partition coefficient (Wildman–Crippen LogP) is 1.05. The number of carbonyl (C=O) groups is 2. The van der Waals surface area contributed by atoms with Gasteiger partial charge in [0.2, 0.25) is 0 Å². The number of nitrogens with one attached hydrogen (secondary N) is 2. The summed E-state index contributed by atoms with van der Waals surface area (Å²) < 4.78 is 13.3. The topological polar surface area (TPSA) is 98.7 Å². The fraction of sp³-hybridized carbons (Fsp3) is 0.200. The van der Waals surface area contributed by atoms with Gasteiger partial charge in [0.05, 0.1) is 12.3 Å². The Kier molecular flexibility index (Phi) is 4.87. The van der Waals surface area contributed by atoms with Gasteiger partial charge in [-0.15, -0.1) is 0 Å². The first-order chi connectivity index (χ1) is 8.43. The van der Waals surface area contributed by atoms with Crippen molar-refractivity contribution in [1.82, 2.24) is 5.32 Å². The molecule has 0 saturated carbocycles. The molecule has 1 atom stereocenters. The van der Waals surface area contributed by atoms with Gasteiger partial charge in [-0.25, -0.2) is 14.0 Å². The van der Waals surface area contributed by atoms with Crippen LogP contribution in [0.5, 0.6) is 0 Å². The van der Waals surface area contributed by atoms with E-state index >= 15 is 0 Å². The Bertz CT molecular complexity index is 469. The first kappa shape index (κ1) is 14.2. The van der Waals surface area contributed by atoms with E-state index in [1.165, 1.54) is 12.1 Å². The molecule has 0 heterocycles. The van der Waals surface area contributed by atoms with E-state index in [1.54, 1.807) is 0 Å². The number of carbonyl (C=O) groups excluding carboxylic acids is 1. The smallest absolute Gasteiger partial charge is 0.328 e. The van der Waals surface area contributed by atoms with Crippen LogP contribution in [-0.4, -0.2) is 34.9 Å². The molecule has 0 aliphatic carbocycles. The molecule has 8 heteroatoms. The van der Waals surface area contributed by atoms with Crippen LogP contribution < -0.4 is 10.6 Å². The van der Waals surface area contributed by atoms with Crippen LogP contribution in [0.3, 0.4) is 0 Å². The quantitative estimate of drug-likeness (QED) is 0.660. The fourth-order valence-electron chi connectivity index (χ4n) is 1.09. The zero-order chi connectivity index (χ0) is 13.7. The van der Waals surface area contributed by atoms with Crippen LogP contribution in [0.15, 0.2) is 18.2 Å². The van der Waals surface area contributed by atoms with Gasteiger partial charge in [0.1, 0.15) is 5.82 Å². The number of benzene rings is 1. The summed E-state index contributed by atoms with van der Waals surface area (Å²) in [7, 11) is 0. The Morgan fingerprint density at radius 3 is 2.61 bits per heavy atom. The van der Waals surface area contributed by atoms with Gasteiger partial charge in [-0.1, -0.05) is 11.6 Å². The Morgan fingerprint density at radius 2 is 2.11 bits per heavy atom. The zero-order valence-corrected chi connectivity index (χ0v) is 9.74. The number of hydrogen-bond acceptors (Lipinski definition) is 3. The number of halogens is 2. The van der Waals surface area contributed by atoms with Gasteiger partial charge >= 0.3 is 12.0 Å². The number of rotatable bonds is 4. The summed E-state index contributed by atoms with van der Waals surface area (Å²) in [4.78, 5) is 21.9. The lowest BCUT2D eigenvalue weighted by molar-refractivity contribution is -0.140. The van der Waals surface area contributed by atoms with Crippen LogP contribution in [0.1, 0.15) is 0 Å². The number of aliphatic hydroxyl groups is 1. The van der Waals surface area contributed by atoms with E-state index in [0.29, 0.717) is 0 Å². The van der Waals surface area contributed by atoms with Crippen molar-refractivity contribution in [2.75, 3.05) is 11.9 Å². The molecule has 18 heavy (non-hydrogen) atoms. The Labute approximate surface area is 106 Å². The molecule has 1 aromatic rings. The number of anilines is 1. The molecule has 6 nitrogen and oxygen atoms in total. The summed E-state index contributed by atoms with van der Waals surface area (Å²) in [6.45, 7) is -0.772. The molecule has 0 fully saturated rings. The number of aliphatic carboxylic acids is 1. The molecule has 4 N–H and O–H groups in total. The lowest BCUT2D eigenvalue weighted by Gasteiger charge is -2.13. The third kappa shape index (κ3) is 3.86. The molecular weight excluding hydrogens is 267 g/mol. The molecule has 0 aliphatic heterocycles. The van der Waals surface area contributed by atoms with Crippen molar-refractivity contribution >= 4 is 29.3 Å². The largest absolute Gasteiger partial charge is 0.480 e. The van der Waals surface area contributed by atoms with Crippen molar-refractivity contribution in [2.45, 2.75) is 6.04 Å². The molecule has 0 spiro atoms. The highest BCUT2D eigenvalue weighted by Crippen LogP contribution is 2.18. The summed E-state index contributed by atoms with van der Waals surface area (Å²) >= 11 is 5.52. The third-order valence-corrected chi connectivity index (χ3v) is 2.20. The van der Waals surface area contributed by atoms with E-state index in [2.05, 4.69) is 5.32 Å². The van der Waals surface area contributed by atoms with Crippen molar-refractivity contribution < 1.29 is 24.2 Å². The van der Waals surface area contributed by atoms with Gasteiger partial charge in [-0.2, -0.15) is 0 Å². The molecule has 1 unspecified atom stereocenters. The van der Waals surface area contributed by atoms with Crippen LogP contribution in [0.2, 0.25) is 5.02 Å². The number of carboxylic acid groups (broad SMARTS) is 1. The van der Waals surface area contributed by atoms with E-state index in [-0.39, 0.29) is 10.7 Å². The highest BCUT2D eigenvalue weighted by atomic mass is 35.5. The number of hydrogen-bond donors (Lipinski definition) is 4. The van der Waals surface area contributed by atoms with Crippen LogP contribution >= 0.6 is 11.6 Å². The first-order valence-electron chi connectivity index (χ1n) is 4.80. The molecule has 98 valence electrons. The van der Waals surface area contributed by atoms with Gasteiger partial charge in [-0.3, -0.25) is 0 Å². The Balaban J connectivity index is 2.67. The maximum absolute atomic E-state index is 13.3. The maximum atomic E-state index is 13.3. The zero-order valence-electron chi connectivity index (χ0n) is 8.98. The minimum Gasteiger partial charge on any atom is -0.480 e. The molecule has 0 aliphatic rings. The van der Waals surface area contributed by atoms with Crippen molar-refractivity contribution in [2.24, 2.45) is 0 Å². The summed E-state index contributed by atoms with van der Waals surface area (Å²) in [6, 6.07) is 1.18. The number of aliphatic hydroxyl groups excluding tert-OH is 1. The summed E-state index contributed by atoms with van der Waals surface area (Å²) in [6.07, 6.45) is 0. The lowest BCUT2D eigenvalue weighted by Crippen LogP contribution is -2.45. The fourth-order valence-corrected chi connectivity index (χ4v) is 1.25. The average Bonchev–Trinajstić information content (AvgIpc) is 2.29. The predicted molar refractivity (Wildman–Crippen MR) is 62.1 cm³/mol. The molecule has 0 aromatic heterocycles. The van der Waals surface area contributed by atoms with E-state index in [4.69, 9.17) is 21.8 Å². The Hall–Kier alpha value is -1.86. The van der Waals surface area contributed by atoms with Crippen molar-refractivity contribution in [3.63, 3.8) is 0 Å². The summed E-state index contributed by atoms with van der Waals surface area (Å²) in [5.41, 5.74) is -0.154. The number of carboxylic acids is 1. The van der Waals surface area contributed by atoms with E-state index in [1.807, 2.05) is 5.32 Å². The number of urea groups is 1. The molecule has 1 rings (SSSR count). The average molecular weight is 277 g/mol. The molecule has 1 aromatic carbocycles. The van der Waals surface area contributed by atoms with Gasteiger partial charge in [0, 0.05) is 5.02 Å². The van der Waals surface area contributed by atoms with E-state index < -0.39 is 30.5 Å². The van der Waals surface area contributed by atoms with Gasteiger partial charge < -0.3 is 20.8 Å². The van der Waals surface area contributed by atoms with Crippen LogP contribution in [0.25, 0.3) is 0 Å². The lowest BCUT2D eigenvalue weighted by atomic mass is 10.3. The molecule has 0 bridgehead atoms. The van der Waals surface area contributed by atoms with Crippen LogP contribution in [0.4, 0.5) is 14.9 Å². The molecule has 2 amide bonds. The second-order valence-electron chi connectivity index (χ2n) is 3.30. The second kappa shape index (κ2) is 6.18. The summed E-state index contributed by atoms with van der Waals surface area (Å²) in [5.74, 6) is -2.15. The summed E-state index contributed by atoms with van der Waals surface area (Å²) in [5, 5.41) is 21.5. The minimum absolute atomic E-state index is 0.154. The highest BCUT2D eigenvalue weighted by Gasteiger charge is 2.19. The molecule has 0 radical (unpaired) electrons.